The van der Waals surface area contributed by atoms with E-state index in [2.05, 4.69) is 25.8 Å². The second-order valence-corrected chi connectivity index (χ2v) is 6.66. The summed E-state index contributed by atoms with van der Waals surface area (Å²) >= 11 is 3.45. The number of aryl methyl sites for hydroxylation is 1. The van der Waals surface area contributed by atoms with Gasteiger partial charge in [0.15, 0.2) is 0 Å². The minimum absolute atomic E-state index is 0.0405. The van der Waals surface area contributed by atoms with E-state index in [1.807, 2.05) is 30.5 Å². The fourth-order valence-corrected chi connectivity index (χ4v) is 3.02. The third kappa shape index (κ3) is 4.28. The molecule has 3 aromatic rings. The lowest BCUT2D eigenvalue weighted by Crippen LogP contribution is -2.23. The number of nitrogens with one attached hydrogen (secondary N) is 1. The van der Waals surface area contributed by atoms with E-state index < -0.39 is 5.97 Å². The van der Waals surface area contributed by atoms with Gasteiger partial charge in [0.05, 0.1) is 5.56 Å². The summed E-state index contributed by atoms with van der Waals surface area (Å²) in [6, 6.07) is 14.6. The van der Waals surface area contributed by atoms with Gasteiger partial charge in [0.1, 0.15) is 0 Å². The molecule has 0 unspecified atom stereocenters. The average Bonchev–Trinajstić information content (AvgIpc) is 3.00. The zero-order valence-electron chi connectivity index (χ0n) is 13.4. The normalized spacial score (nSPS) is 10.8. The molecule has 25 heavy (non-hydrogen) atoms. The van der Waals surface area contributed by atoms with Gasteiger partial charge in [0, 0.05) is 41.1 Å². The van der Waals surface area contributed by atoms with Crippen LogP contribution < -0.4 is 5.32 Å². The fourth-order valence-electron chi connectivity index (χ4n) is 2.64. The summed E-state index contributed by atoms with van der Waals surface area (Å²) in [7, 11) is 0. The summed E-state index contributed by atoms with van der Waals surface area (Å²) in [6.07, 6.45) is 2.36. The van der Waals surface area contributed by atoms with Crippen LogP contribution in [0.3, 0.4) is 0 Å². The van der Waals surface area contributed by atoms with Crippen LogP contribution in [0.4, 0.5) is 0 Å². The van der Waals surface area contributed by atoms with Gasteiger partial charge in [0.25, 0.3) is 0 Å². The number of hydrogen-bond acceptors (Lipinski definition) is 2. The van der Waals surface area contributed by atoms with E-state index >= 15 is 0 Å². The smallest absolute Gasteiger partial charge is 0.335 e. The first-order valence-electron chi connectivity index (χ1n) is 7.86. The molecular weight excluding hydrogens is 384 g/mol. The molecule has 128 valence electrons. The number of fused-ring (bicyclic) bond motifs is 1. The van der Waals surface area contributed by atoms with Crippen molar-refractivity contribution in [1.29, 1.82) is 0 Å². The van der Waals surface area contributed by atoms with E-state index in [1.54, 1.807) is 12.1 Å². The van der Waals surface area contributed by atoms with Crippen LogP contribution in [0.5, 0.6) is 0 Å². The summed E-state index contributed by atoms with van der Waals surface area (Å²) in [5, 5.41) is 12.9. The van der Waals surface area contributed by atoms with Gasteiger partial charge in [-0.05, 0) is 42.0 Å². The van der Waals surface area contributed by atoms with E-state index in [1.165, 1.54) is 12.1 Å². The SMILES string of the molecule is O=C(CCn1ccc2cc(Br)ccc21)NCc1ccc(C(=O)O)cc1. The molecule has 5 nitrogen and oxygen atoms in total. The second-order valence-electron chi connectivity index (χ2n) is 5.74. The number of benzene rings is 2. The Balaban J connectivity index is 1.53. The van der Waals surface area contributed by atoms with Gasteiger partial charge >= 0.3 is 5.97 Å². The lowest BCUT2D eigenvalue weighted by Gasteiger charge is -2.08. The van der Waals surface area contributed by atoms with Crippen molar-refractivity contribution < 1.29 is 14.7 Å². The summed E-state index contributed by atoms with van der Waals surface area (Å²) in [6.45, 7) is 0.993. The molecule has 0 aliphatic rings. The van der Waals surface area contributed by atoms with Crippen LogP contribution in [0.25, 0.3) is 10.9 Å². The molecule has 2 N–H and O–H groups in total. The van der Waals surface area contributed by atoms with Crippen molar-refractivity contribution in [1.82, 2.24) is 9.88 Å². The summed E-state index contributed by atoms with van der Waals surface area (Å²) in [5.41, 5.74) is 2.20. The summed E-state index contributed by atoms with van der Waals surface area (Å²) in [4.78, 5) is 22.9. The molecule has 1 aromatic heterocycles. The number of amides is 1. The number of carbonyl (C=O) groups is 2. The molecule has 3 rings (SSSR count). The molecule has 0 radical (unpaired) electrons. The second kappa shape index (κ2) is 7.53. The van der Waals surface area contributed by atoms with Crippen LogP contribution in [-0.2, 0) is 17.9 Å². The van der Waals surface area contributed by atoms with Crippen molar-refractivity contribution in [3.05, 3.63) is 70.3 Å². The number of carboxylic acid groups (broad SMARTS) is 1. The number of rotatable bonds is 6. The third-order valence-electron chi connectivity index (χ3n) is 4.00. The lowest BCUT2D eigenvalue weighted by atomic mass is 10.1. The van der Waals surface area contributed by atoms with Crippen LogP contribution in [0, 0.1) is 0 Å². The fraction of sp³-hybridized carbons (Fsp3) is 0.158. The van der Waals surface area contributed by atoms with Gasteiger partial charge in [-0.3, -0.25) is 4.79 Å². The number of carbonyl (C=O) groups excluding carboxylic acids is 1. The van der Waals surface area contributed by atoms with Gasteiger partial charge in [-0.1, -0.05) is 28.1 Å². The largest absolute Gasteiger partial charge is 0.478 e. The molecule has 0 saturated heterocycles. The predicted molar refractivity (Wildman–Crippen MR) is 99.5 cm³/mol. The van der Waals surface area contributed by atoms with Crippen molar-refractivity contribution in [2.75, 3.05) is 0 Å². The molecule has 1 heterocycles. The van der Waals surface area contributed by atoms with Crippen molar-refractivity contribution in [3.8, 4) is 0 Å². The third-order valence-corrected chi connectivity index (χ3v) is 4.50. The van der Waals surface area contributed by atoms with E-state index in [0.717, 1.165) is 20.9 Å². The van der Waals surface area contributed by atoms with Crippen LogP contribution in [0.1, 0.15) is 22.3 Å². The number of aromatic carboxylic acids is 1. The van der Waals surface area contributed by atoms with E-state index in [9.17, 15) is 9.59 Å². The zero-order chi connectivity index (χ0) is 17.8. The Kier molecular flexibility index (Phi) is 5.19. The summed E-state index contributed by atoms with van der Waals surface area (Å²) < 4.78 is 3.09. The first kappa shape index (κ1) is 17.2. The Bertz CT molecular complexity index is 916. The van der Waals surface area contributed by atoms with Crippen LogP contribution in [0.15, 0.2) is 59.2 Å². The Labute approximate surface area is 153 Å². The molecular formula is C19H17BrN2O3. The first-order chi connectivity index (χ1) is 12.0. The van der Waals surface area contributed by atoms with Crippen molar-refractivity contribution >= 4 is 38.7 Å². The Hall–Kier alpha value is -2.60. The molecule has 1 amide bonds. The van der Waals surface area contributed by atoms with Crippen LogP contribution in [-0.4, -0.2) is 21.6 Å². The predicted octanol–water partition coefficient (Wildman–Crippen LogP) is 3.81. The van der Waals surface area contributed by atoms with Crippen molar-refractivity contribution in [2.24, 2.45) is 0 Å². The number of nitrogens with zero attached hydrogens (tertiary/aromatic N) is 1. The summed E-state index contributed by atoms with van der Waals surface area (Å²) in [5.74, 6) is -0.997. The highest BCUT2D eigenvalue weighted by molar-refractivity contribution is 9.10. The molecule has 6 heteroatoms. The van der Waals surface area contributed by atoms with Gasteiger partial charge in [-0.2, -0.15) is 0 Å². The highest BCUT2D eigenvalue weighted by Crippen LogP contribution is 2.21. The number of aromatic nitrogens is 1. The zero-order valence-corrected chi connectivity index (χ0v) is 15.0. The maximum atomic E-state index is 12.1. The minimum atomic E-state index is -0.957. The average molecular weight is 401 g/mol. The van der Waals surface area contributed by atoms with Crippen LogP contribution >= 0.6 is 15.9 Å². The van der Waals surface area contributed by atoms with E-state index in [0.29, 0.717) is 19.5 Å². The topological polar surface area (TPSA) is 71.3 Å². The van der Waals surface area contributed by atoms with Crippen molar-refractivity contribution in [3.63, 3.8) is 0 Å². The number of carboxylic acids is 1. The molecule has 2 aromatic carbocycles. The molecule has 0 aliphatic carbocycles. The molecule has 0 atom stereocenters. The Morgan fingerprint density at radius 2 is 1.84 bits per heavy atom. The first-order valence-corrected chi connectivity index (χ1v) is 8.65. The maximum absolute atomic E-state index is 12.1. The molecule has 0 spiro atoms. The Morgan fingerprint density at radius 3 is 2.56 bits per heavy atom. The van der Waals surface area contributed by atoms with E-state index in [4.69, 9.17) is 5.11 Å². The monoisotopic (exact) mass is 400 g/mol. The van der Waals surface area contributed by atoms with Crippen molar-refractivity contribution in [2.45, 2.75) is 19.5 Å². The Morgan fingerprint density at radius 1 is 1.08 bits per heavy atom. The highest BCUT2D eigenvalue weighted by Gasteiger charge is 2.06. The molecule has 0 fully saturated rings. The maximum Gasteiger partial charge on any atom is 0.335 e. The van der Waals surface area contributed by atoms with E-state index in [-0.39, 0.29) is 11.5 Å². The minimum Gasteiger partial charge on any atom is -0.478 e. The van der Waals surface area contributed by atoms with Gasteiger partial charge in [0.2, 0.25) is 5.91 Å². The quantitative estimate of drug-likeness (QED) is 0.660. The molecule has 0 bridgehead atoms. The van der Waals surface area contributed by atoms with Gasteiger partial charge < -0.3 is 15.0 Å². The lowest BCUT2D eigenvalue weighted by molar-refractivity contribution is -0.121. The molecule has 0 aliphatic heterocycles. The standard InChI is InChI=1S/C19H17BrN2O3/c20-16-5-6-17-15(11-16)7-9-22(17)10-8-18(23)21-12-13-1-3-14(4-2-13)19(24)25/h1-7,9,11H,8,10,12H2,(H,21,23)(H,24,25). The number of hydrogen-bond donors (Lipinski definition) is 2. The highest BCUT2D eigenvalue weighted by atomic mass is 79.9. The van der Waals surface area contributed by atoms with Gasteiger partial charge in [-0.25, -0.2) is 4.79 Å². The van der Waals surface area contributed by atoms with Gasteiger partial charge in [-0.15, -0.1) is 0 Å². The molecule has 0 saturated carbocycles. The number of halogens is 1. The van der Waals surface area contributed by atoms with Crippen LogP contribution in [0.2, 0.25) is 0 Å².